The van der Waals surface area contributed by atoms with Gasteiger partial charge in [0.2, 0.25) is 5.88 Å². The first kappa shape index (κ1) is 13.5. The highest BCUT2D eigenvalue weighted by molar-refractivity contribution is 5.40. The molecule has 3 N–H and O–H groups in total. The minimum Gasteiger partial charge on any atom is -0.437 e. The van der Waals surface area contributed by atoms with Gasteiger partial charge in [0, 0.05) is 17.7 Å². The van der Waals surface area contributed by atoms with Crippen molar-refractivity contribution in [2.24, 2.45) is 5.73 Å². The van der Waals surface area contributed by atoms with Crippen LogP contribution in [0.1, 0.15) is 22.4 Å². The van der Waals surface area contributed by atoms with Crippen LogP contribution in [0, 0.1) is 13.8 Å². The summed E-state index contributed by atoms with van der Waals surface area (Å²) in [5.74, 6) is 0.962. The van der Waals surface area contributed by atoms with Gasteiger partial charge in [0.1, 0.15) is 5.75 Å². The molecule has 0 atom stereocenters. The number of benzene rings is 1. The van der Waals surface area contributed by atoms with Gasteiger partial charge >= 0.3 is 0 Å². The van der Waals surface area contributed by atoms with Crippen molar-refractivity contribution < 1.29 is 9.84 Å². The fourth-order valence-electron chi connectivity index (χ4n) is 1.80. The first-order valence-electron chi connectivity index (χ1n) is 6.06. The Morgan fingerprint density at radius 1 is 1.21 bits per heavy atom. The lowest BCUT2D eigenvalue weighted by Gasteiger charge is -2.13. The predicted octanol–water partition coefficient (Wildman–Crippen LogP) is 1.84. The predicted molar refractivity (Wildman–Crippen MR) is 71.8 cm³/mol. The van der Waals surface area contributed by atoms with Crippen molar-refractivity contribution in [3.05, 3.63) is 46.6 Å². The van der Waals surface area contributed by atoms with E-state index in [1.165, 1.54) is 0 Å². The molecule has 2 aromatic rings. The summed E-state index contributed by atoms with van der Waals surface area (Å²) in [4.78, 5) is 0. The molecule has 5 heteroatoms. The van der Waals surface area contributed by atoms with Gasteiger partial charge in [-0.3, -0.25) is 0 Å². The zero-order valence-electron chi connectivity index (χ0n) is 11.1. The van der Waals surface area contributed by atoms with Gasteiger partial charge < -0.3 is 15.6 Å². The average molecular weight is 259 g/mol. The third kappa shape index (κ3) is 2.72. The van der Waals surface area contributed by atoms with E-state index in [0.29, 0.717) is 23.7 Å². The second kappa shape index (κ2) is 5.77. The molecule has 2 rings (SSSR count). The Labute approximate surface area is 112 Å². The van der Waals surface area contributed by atoms with Gasteiger partial charge in [0.15, 0.2) is 0 Å². The maximum absolute atomic E-state index is 9.28. The number of nitrogens with zero attached hydrogens (tertiary/aromatic N) is 2. The summed E-state index contributed by atoms with van der Waals surface area (Å²) in [7, 11) is 0. The van der Waals surface area contributed by atoms with Crippen LogP contribution in [0.4, 0.5) is 0 Å². The number of hydrogen-bond acceptors (Lipinski definition) is 5. The molecule has 0 aliphatic rings. The van der Waals surface area contributed by atoms with Crippen LogP contribution in [0.15, 0.2) is 24.3 Å². The topological polar surface area (TPSA) is 81.3 Å². The number of ether oxygens (including phenoxy) is 1. The van der Waals surface area contributed by atoms with Crippen molar-refractivity contribution in [2.45, 2.75) is 27.0 Å². The summed E-state index contributed by atoms with van der Waals surface area (Å²) >= 11 is 0. The molecule has 1 heterocycles. The van der Waals surface area contributed by atoms with Crippen molar-refractivity contribution >= 4 is 0 Å². The highest BCUT2D eigenvalue weighted by Gasteiger charge is 2.13. The van der Waals surface area contributed by atoms with E-state index in [1.807, 2.05) is 26.0 Å². The molecule has 19 heavy (non-hydrogen) atoms. The van der Waals surface area contributed by atoms with Crippen molar-refractivity contribution in [1.29, 1.82) is 0 Å². The summed E-state index contributed by atoms with van der Waals surface area (Å²) in [5.41, 5.74) is 9.10. The zero-order valence-corrected chi connectivity index (χ0v) is 11.1. The van der Waals surface area contributed by atoms with E-state index in [4.69, 9.17) is 10.5 Å². The van der Waals surface area contributed by atoms with E-state index in [-0.39, 0.29) is 6.61 Å². The molecule has 0 fully saturated rings. The molecule has 0 bridgehead atoms. The van der Waals surface area contributed by atoms with Crippen LogP contribution in [0.2, 0.25) is 0 Å². The average Bonchev–Trinajstić information content (AvgIpc) is 2.44. The minimum absolute atomic E-state index is 0.0909. The van der Waals surface area contributed by atoms with Crippen molar-refractivity contribution in [3.8, 4) is 11.6 Å². The highest BCUT2D eigenvalue weighted by atomic mass is 16.5. The lowest BCUT2D eigenvalue weighted by atomic mass is 10.1. The molecule has 0 aliphatic heterocycles. The molecule has 0 amide bonds. The van der Waals surface area contributed by atoms with Crippen LogP contribution in [-0.2, 0) is 13.2 Å². The number of aryl methyl sites for hydroxylation is 1. The van der Waals surface area contributed by atoms with E-state index >= 15 is 0 Å². The summed E-state index contributed by atoms with van der Waals surface area (Å²) in [6.45, 7) is 4.06. The lowest BCUT2D eigenvalue weighted by molar-refractivity contribution is 0.276. The molecule has 0 saturated heterocycles. The van der Waals surface area contributed by atoms with Gasteiger partial charge in [-0.1, -0.05) is 18.2 Å². The Balaban J connectivity index is 2.41. The van der Waals surface area contributed by atoms with Crippen LogP contribution in [0.5, 0.6) is 11.6 Å². The van der Waals surface area contributed by atoms with Gasteiger partial charge in [-0.05, 0) is 25.5 Å². The molecule has 0 unspecified atom stereocenters. The number of aliphatic hydroxyl groups is 1. The molecule has 1 aromatic carbocycles. The summed E-state index contributed by atoms with van der Waals surface area (Å²) < 4.78 is 5.74. The number of aromatic nitrogens is 2. The Bertz CT molecular complexity index is 585. The number of hydrogen-bond donors (Lipinski definition) is 2. The molecule has 0 radical (unpaired) electrons. The molecular weight excluding hydrogens is 242 g/mol. The van der Waals surface area contributed by atoms with Crippen molar-refractivity contribution in [2.75, 3.05) is 0 Å². The minimum atomic E-state index is -0.0909. The van der Waals surface area contributed by atoms with E-state index < -0.39 is 0 Å². The normalized spacial score (nSPS) is 10.5. The van der Waals surface area contributed by atoms with E-state index in [2.05, 4.69) is 10.2 Å². The maximum atomic E-state index is 9.28. The fourth-order valence-corrected chi connectivity index (χ4v) is 1.80. The number of rotatable bonds is 4. The number of para-hydroxylation sites is 1. The molecule has 1 aromatic heterocycles. The summed E-state index contributed by atoms with van der Waals surface area (Å²) in [5, 5.41) is 17.4. The van der Waals surface area contributed by atoms with Crippen LogP contribution < -0.4 is 10.5 Å². The van der Waals surface area contributed by atoms with Gasteiger partial charge in [0.25, 0.3) is 0 Å². The van der Waals surface area contributed by atoms with Crippen LogP contribution >= 0.6 is 0 Å². The van der Waals surface area contributed by atoms with E-state index in [1.54, 1.807) is 12.1 Å². The number of nitrogens with two attached hydrogens (primary N) is 1. The van der Waals surface area contributed by atoms with E-state index in [0.717, 1.165) is 16.8 Å². The van der Waals surface area contributed by atoms with Crippen LogP contribution in [0.25, 0.3) is 0 Å². The Hall–Kier alpha value is -1.98. The Morgan fingerprint density at radius 2 is 1.95 bits per heavy atom. The third-order valence-corrected chi connectivity index (χ3v) is 3.10. The van der Waals surface area contributed by atoms with Crippen LogP contribution in [-0.4, -0.2) is 15.3 Å². The highest BCUT2D eigenvalue weighted by Crippen LogP contribution is 2.28. The molecular formula is C14H17N3O2. The molecule has 100 valence electrons. The number of aliphatic hydroxyl groups excluding tert-OH is 1. The third-order valence-electron chi connectivity index (χ3n) is 3.10. The first-order chi connectivity index (χ1) is 9.17. The van der Waals surface area contributed by atoms with Crippen molar-refractivity contribution in [1.82, 2.24) is 10.2 Å². The Kier molecular flexibility index (Phi) is 4.09. The summed E-state index contributed by atoms with van der Waals surface area (Å²) in [6, 6.07) is 7.26. The SMILES string of the molecule is Cc1nnc(Oc2ccccc2CO)c(CN)c1C. The molecule has 0 spiro atoms. The molecule has 0 saturated carbocycles. The molecule has 5 nitrogen and oxygen atoms in total. The first-order valence-corrected chi connectivity index (χ1v) is 6.06. The molecule has 0 aliphatic carbocycles. The lowest BCUT2D eigenvalue weighted by Crippen LogP contribution is -2.08. The smallest absolute Gasteiger partial charge is 0.243 e. The largest absolute Gasteiger partial charge is 0.437 e. The Morgan fingerprint density at radius 3 is 2.63 bits per heavy atom. The quantitative estimate of drug-likeness (QED) is 0.875. The van der Waals surface area contributed by atoms with Gasteiger partial charge in [-0.15, -0.1) is 5.10 Å². The second-order valence-corrected chi connectivity index (χ2v) is 4.27. The van der Waals surface area contributed by atoms with Gasteiger partial charge in [0.05, 0.1) is 12.3 Å². The van der Waals surface area contributed by atoms with Gasteiger partial charge in [-0.25, -0.2) is 0 Å². The van der Waals surface area contributed by atoms with E-state index in [9.17, 15) is 5.11 Å². The zero-order chi connectivity index (χ0) is 13.8. The summed E-state index contributed by atoms with van der Waals surface area (Å²) in [6.07, 6.45) is 0. The maximum Gasteiger partial charge on any atom is 0.243 e. The monoisotopic (exact) mass is 259 g/mol. The van der Waals surface area contributed by atoms with Gasteiger partial charge in [-0.2, -0.15) is 5.10 Å². The van der Waals surface area contributed by atoms with Crippen LogP contribution in [0.3, 0.4) is 0 Å². The second-order valence-electron chi connectivity index (χ2n) is 4.27. The fraction of sp³-hybridized carbons (Fsp3) is 0.286. The standard InChI is InChI=1S/C14H17N3O2/c1-9-10(2)16-17-14(12(9)7-15)19-13-6-4-3-5-11(13)8-18/h3-6,18H,7-8,15H2,1-2H3. The van der Waals surface area contributed by atoms with Crippen molar-refractivity contribution in [3.63, 3.8) is 0 Å².